The van der Waals surface area contributed by atoms with Crippen LogP contribution in [0.3, 0.4) is 0 Å². The molecule has 5 unspecified atom stereocenters. The summed E-state index contributed by atoms with van der Waals surface area (Å²) in [6, 6.07) is 0. The first kappa shape index (κ1) is 23.7. The van der Waals surface area contributed by atoms with Gasteiger partial charge in [-0.05, 0) is 55.9 Å². The summed E-state index contributed by atoms with van der Waals surface area (Å²) in [6.07, 6.45) is 4.76. The molecule has 0 heterocycles. The Balaban J connectivity index is 2.63. The standard InChI is InChI=1S/C24H38O5/c1-9-23(7,27)14-11-18-15(2)19(28-16(3)25)20(29-17(4)26)21-22(5,6)12-10-13-24(18,21)8/h9,19-21,27H,1,10-14H2,2-8H3. The Labute approximate surface area is 175 Å². The molecule has 5 heteroatoms. The second kappa shape index (κ2) is 8.25. The molecule has 0 bridgehead atoms. The lowest BCUT2D eigenvalue weighted by molar-refractivity contribution is -0.185. The first-order valence-electron chi connectivity index (χ1n) is 10.7. The number of rotatable bonds is 6. The maximum Gasteiger partial charge on any atom is 0.303 e. The molecule has 0 aromatic carbocycles. The van der Waals surface area contributed by atoms with Crippen LogP contribution in [-0.4, -0.2) is 34.9 Å². The summed E-state index contributed by atoms with van der Waals surface area (Å²) in [5.41, 5.74) is 0.917. The largest absolute Gasteiger partial charge is 0.458 e. The van der Waals surface area contributed by atoms with Gasteiger partial charge in [0.25, 0.3) is 0 Å². The van der Waals surface area contributed by atoms with E-state index in [4.69, 9.17) is 9.47 Å². The third-order valence-corrected chi connectivity index (χ3v) is 7.18. The zero-order valence-corrected chi connectivity index (χ0v) is 19.1. The van der Waals surface area contributed by atoms with Crippen LogP contribution in [0.4, 0.5) is 0 Å². The van der Waals surface area contributed by atoms with Crippen LogP contribution in [-0.2, 0) is 19.1 Å². The Bertz CT molecular complexity index is 702. The number of aliphatic hydroxyl groups is 1. The predicted octanol–water partition coefficient (Wildman–Crippen LogP) is 4.73. The average molecular weight is 407 g/mol. The Hall–Kier alpha value is -1.62. The van der Waals surface area contributed by atoms with E-state index in [0.717, 1.165) is 24.8 Å². The molecular formula is C24H38O5. The zero-order valence-electron chi connectivity index (χ0n) is 19.1. The van der Waals surface area contributed by atoms with Gasteiger partial charge in [0, 0.05) is 19.8 Å². The zero-order chi connectivity index (χ0) is 22.2. The third kappa shape index (κ3) is 4.76. The van der Waals surface area contributed by atoms with E-state index in [0.29, 0.717) is 12.8 Å². The van der Waals surface area contributed by atoms with Crippen molar-refractivity contribution in [2.75, 3.05) is 0 Å². The Kier molecular flexibility index (Phi) is 6.73. The summed E-state index contributed by atoms with van der Waals surface area (Å²) >= 11 is 0. The van der Waals surface area contributed by atoms with Gasteiger partial charge < -0.3 is 14.6 Å². The van der Waals surface area contributed by atoms with Gasteiger partial charge >= 0.3 is 11.9 Å². The molecule has 0 aromatic rings. The first-order valence-corrected chi connectivity index (χ1v) is 10.7. The van der Waals surface area contributed by atoms with E-state index in [-0.39, 0.29) is 28.7 Å². The summed E-state index contributed by atoms with van der Waals surface area (Å²) in [4.78, 5) is 23.9. The first-order chi connectivity index (χ1) is 13.2. The summed E-state index contributed by atoms with van der Waals surface area (Å²) < 4.78 is 11.6. The Morgan fingerprint density at radius 1 is 1.21 bits per heavy atom. The van der Waals surface area contributed by atoms with Crippen molar-refractivity contribution < 1.29 is 24.2 Å². The van der Waals surface area contributed by atoms with Gasteiger partial charge in [-0.3, -0.25) is 9.59 Å². The van der Waals surface area contributed by atoms with E-state index >= 15 is 0 Å². The van der Waals surface area contributed by atoms with Crippen LogP contribution in [0.5, 0.6) is 0 Å². The smallest absolute Gasteiger partial charge is 0.303 e. The summed E-state index contributed by atoms with van der Waals surface area (Å²) in [6.45, 7) is 17.0. The molecule has 2 aliphatic carbocycles. The van der Waals surface area contributed by atoms with Gasteiger partial charge in [0.15, 0.2) is 6.10 Å². The van der Waals surface area contributed by atoms with Gasteiger partial charge in [-0.2, -0.15) is 0 Å². The normalized spacial score (nSPS) is 33.3. The van der Waals surface area contributed by atoms with E-state index in [1.54, 1.807) is 13.0 Å². The van der Waals surface area contributed by atoms with Crippen molar-refractivity contribution in [3.05, 3.63) is 23.8 Å². The molecule has 5 atom stereocenters. The number of carbonyl (C=O) groups excluding carboxylic acids is 2. The van der Waals surface area contributed by atoms with Crippen molar-refractivity contribution in [2.24, 2.45) is 16.7 Å². The lowest BCUT2D eigenvalue weighted by atomic mass is 9.48. The maximum atomic E-state index is 12.0. The van der Waals surface area contributed by atoms with Crippen molar-refractivity contribution in [3.8, 4) is 0 Å². The molecule has 2 rings (SSSR count). The highest BCUT2D eigenvalue weighted by Crippen LogP contribution is 2.61. The molecule has 5 nitrogen and oxygen atoms in total. The minimum atomic E-state index is -0.965. The summed E-state index contributed by atoms with van der Waals surface area (Å²) in [5.74, 6) is -0.729. The van der Waals surface area contributed by atoms with Crippen LogP contribution in [0.2, 0.25) is 0 Å². The third-order valence-electron chi connectivity index (χ3n) is 7.18. The van der Waals surface area contributed by atoms with Crippen LogP contribution in [0, 0.1) is 16.7 Å². The fraction of sp³-hybridized carbons (Fsp3) is 0.750. The molecular weight excluding hydrogens is 368 g/mol. The van der Waals surface area contributed by atoms with Crippen LogP contribution in [0.25, 0.3) is 0 Å². The van der Waals surface area contributed by atoms with E-state index in [2.05, 4.69) is 27.4 Å². The number of allylic oxidation sites excluding steroid dienone is 1. The second-order valence-electron chi connectivity index (χ2n) is 10.1. The molecule has 0 aromatic heterocycles. The molecule has 0 radical (unpaired) electrons. The maximum absolute atomic E-state index is 12.0. The quantitative estimate of drug-likeness (QED) is 0.510. The lowest BCUT2D eigenvalue weighted by Gasteiger charge is -2.58. The molecule has 0 spiro atoms. The van der Waals surface area contributed by atoms with Crippen molar-refractivity contribution >= 4 is 11.9 Å². The Morgan fingerprint density at radius 2 is 1.79 bits per heavy atom. The van der Waals surface area contributed by atoms with Gasteiger partial charge in [-0.25, -0.2) is 0 Å². The highest BCUT2D eigenvalue weighted by atomic mass is 16.6. The van der Waals surface area contributed by atoms with Gasteiger partial charge in [0.1, 0.15) is 6.10 Å². The molecule has 0 aliphatic heterocycles. The number of hydrogen-bond donors (Lipinski definition) is 1. The van der Waals surface area contributed by atoms with Crippen LogP contribution < -0.4 is 0 Å². The van der Waals surface area contributed by atoms with E-state index in [9.17, 15) is 14.7 Å². The summed E-state index contributed by atoms with van der Waals surface area (Å²) in [7, 11) is 0. The SMILES string of the molecule is C=CC(C)(O)CCC1=C(C)C(OC(C)=O)C(OC(C)=O)C2C(C)(C)CCCC12C. The molecule has 1 saturated carbocycles. The molecule has 164 valence electrons. The minimum Gasteiger partial charge on any atom is -0.458 e. The molecule has 2 aliphatic rings. The van der Waals surface area contributed by atoms with Crippen molar-refractivity contribution in [1.82, 2.24) is 0 Å². The highest BCUT2D eigenvalue weighted by molar-refractivity contribution is 5.68. The number of ether oxygens (including phenoxy) is 2. The fourth-order valence-electron chi connectivity index (χ4n) is 5.89. The summed E-state index contributed by atoms with van der Waals surface area (Å²) in [5, 5.41) is 10.5. The molecule has 29 heavy (non-hydrogen) atoms. The topological polar surface area (TPSA) is 72.8 Å². The second-order valence-corrected chi connectivity index (χ2v) is 10.1. The van der Waals surface area contributed by atoms with E-state index in [1.807, 2.05) is 6.92 Å². The molecule has 0 amide bonds. The van der Waals surface area contributed by atoms with Crippen LogP contribution >= 0.6 is 0 Å². The molecule has 0 saturated heterocycles. The monoisotopic (exact) mass is 406 g/mol. The predicted molar refractivity (Wildman–Crippen MR) is 113 cm³/mol. The molecule has 1 N–H and O–H groups in total. The van der Waals surface area contributed by atoms with Crippen molar-refractivity contribution in [3.63, 3.8) is 0 Å². The number of hydrogen-bond acceptors (Lipinski definition) is 5. The van der Waals surface area contributed by atoms with E-state index < -0.39 is 17.8 Å². The Morgan fingerprint density at radius 3 is 2.31 bits per heavy atom. The van der Waals surface area contributed by atoms with Gasteiger partial charge in [0.2, 0.25) is 0 Å². The van der Waals surface area contributed by atoms with Crippen molar-refractivity contribution in [2.45, 2.75) is 98.4 Å². The van der Waals surface area contributed by atoms with Gasteiger partial charge in [-0.1, -0.05) is 38.8 Å². The molecule has 1 fully saturated rings. The highest BCUT2D eigenvalue weighted by Gasteiger charge is 2.59. The van der Waals surface area contributed by atoms with E-state index in [1.165, 1.54) is 19.4 Å². The number of esters is 2. The van der Waals surface area contributed by atoms with Gasteiger partial charge in [-0.15, -0.1) is 6.58 Å². The average Bonchev–Trinajstić information content (AvgIpc) is 2.56. The number of fused-ring (bicyclic) bond motifs is 1. The van der Waals surface area contributed by atoms with Crippen LogP contribution in [0.1, 0.15) is 80.6 Å². The fourth-order valence-corrected chi connectivity index (χ4v) is 5.89. The van der Waals surface area contributed by atoms with Crippen LogP contribution in [0.15, 0.2) is 23.8 Å². The number of carbonyl (C=O) groups is 2. The minimum absolute atomic E-state index is 0.0179. The van der Waals surface area contributed by atoms with Crippen molar-refractivity contribution in [1.29, 1.82) is 0 Å². The lowest BCUT2D eigenvalue weighted by Crippen LogP contribution is -2.58. The van der Waals surface area contributed by atoms with Gasteiger partial charge in [0.05, 0.1) is 5.60 Å².